The molecule has 2 atom stereocenters. The maximum Gasteiger partial charge on any atom is 0.355 e. The fraction of sp³-hybridized carbons (Fsp3) is 0.227. The van der Waals surface area contributed by atoms with Gasteiger partial charge in [-0.15, -0.1) is 0 Å². The van der Waals surface area contributed by atoms with Crippen LogP contribution in [0.15, 0.2) is 71.4 Å². The Kier molecular flexibility index (Phi) is 5.30. The van der Waals surface area contributed by atoms with Crippen molar-refractivity contribution in [2.24, 2.45) is 4.99 Å². The topological polar surface area (TPSA) is 59.0 Å². The molecule has 1 radical (unpaired) electrons. The molecule has 5 nitrogen and oxygen atoms in total. The van der Waals surface area contributed by atoms with Crippen molar-refractivity contribution in [3.05, 3.63) is 83.6 Å². The van der Waals surface area contributed by atoms with Gasteiger partial charge >= 0.3 is 5.97 Å². The lowest BCUT2D eigenvalue weighted by molar-refractivity contribution is -0.151. The molecule has 4 rings (SSSR count). The SMILES string of the molecule is C[C]=C(C(=O)OCc1ccccc1)N1C(=O)C2N=C(Cc3ccccc3)SC21. The van der Waals surface area contributed by atoms with Crippen LogP contribution in [0.3, 0.4) is 0 Å². The van der Waals surface area contributed by atoms with Gasteiger partial charge < -0.3 is 4.74 Å². The summed E-state index contributed by atoms with van der Waals surface area (Å²) in [6, 6.07) is 19.0. The fourth-order valence-corrected chi connectivity index (χ4v) is 4.54. The number of fused-ring (bicyclic) bond motifs is 1. The van der Waals surface area contributed by atoms with Gasteiger partial charge in [-0.25, -0.2) is 4.79 Å². The Morgan fingerprint density at radius 3 is 2.39 bits per heavy atom. The number of hydrogen-bond donors (Lipinski definition) is 0. The molecule has 2 unspecified atom stereocenters. The number of nitrogens with zero attached hydrogens (tertiary/aromatic N) is 2. The molecule has 0 spiro atoms. The van der Waals surface area contributed by atoms with Crippen LogP contribution in [0.1, 0.15) is 18.1 Å². The van der Waals surface area contributed by atoms with E-state index in [1.807, 2.05) is 60.7 Å². The van der Waals surface area contributed by atoms with E-state index < -0.39 is 12.0 Å². The fourth-order valence-electron chi connectivity index (χ4n) is 3.22. The third-order valence-electron chi connectivity index (χ3n) is 4.64. The van der Waals surface area contributed by atoms with Gasteiger partial charge in [-0.3, -0.25) is 14.7 Å². The van der Waals surface area contributed by atoms with E-state index >= 15 is 0 Å². The second kappa shape index (κ2) is 8.02. The van der Waals surface area contributed by atoms with Gasteiger partial charge in [0.2, 0.25) is 0 Å². The molecule has 0 aliphatic carbocycles. The summed E-state index contributed by atoms with van der Waals surface area (Å²) in [7, 11) is 0. The van der Waals surface area contributed by atoms with Crippen molar-refractivity contribution in [3.63, 3.8) is 0 Å². The van der Waals surface area contributed by atoms with Crippen LogP contribution in [0.4, 0.5) is 0 Å². The summed E-state index contributed by atoms with van der Waals surface area (Å²) in [6.07, 6.45) is 3.52. The van der Waals surface area contributed by atoms with Gasteiger partial charge in [0, 0.05) is 6.42 Å². The number of likely N-dealkylation sites (tertiary alicyclic amines) is 1. The molecule has 141 valence electrons. The van der Waals surface area contributed by atoms with Gasteiger partial charge in [0.1, 0.15) is 17.7 Å². The summed E-state index contributed by atoms with van der Waals surface area (Å²) in [5.41, 5.74) is 2.20. The zero-order valence-electron chi connectivity index (χ0n) is 15.4. The van der Waals surface area contributed by atoms with Crippen molar-refractivity contribution in [1.82, 2.24) is 4.90 Å². The molecule has 2 aromatic carbocycles. The van der Waals surface area contributed by atoms with Crippen molar-refractivity contribution in [1.29, 1.82) is 0 Å². The minimum atomic E-state index is -0.546. The van der Waals surface area contributed by atoms with E-state index in [4.69, 9.17) is 4.74 Å². The van der Waals surface area contributed by atoms with E-state index in [-0.39, 0.29) is 23.6 Å². The van der Waals surface area contributed by atoms with Crippen LogP contribution in [0.5, 0.6) is 0 Å². The summed E-state index contributed by atoms with van der Waals surface area (Å²) in [6.45, 7) is 1.77. The van der Waals surface area contributed by atoms with E-state index in [1.54, 1.807) is 6.92 Å². The van der Waals surface area contributed by atoms with E-state index in [0.29, 0.717) is 6.42 Å². The maximum absolute atomic E-state index is 12.6. The number of hydrogen-bond acceptors (Lipinski definition) is 5. The zero-order chi connectivity index (χ0) is 19.5. The van der Waals surface area contributed by atoms with E-state index in [0.717, 1.165) is 16.2 Å². The first-order valence-corrected chi connectivity index (χ1v) is 9.91. The van der Waals surface area contributed by atoms with Crippen molar-refractivity contribution >= 4 is 28.7 Å². The van der Waals surface area contributed by atoms with Gasteiger partial charge in [-0.05, 0) is 24.1 Å². The van der Waals surface area contributed by atoms with Gasteiger partial charge in [0.25, 0.3) is 5.91 Å². The summed E-state index contributed by atoms with van der Waals surface area (Å²) in [5, 5.41) is 0.711. The number of aliphatic imine (C=N–C) groups is 1. The number of allylic oxidation sites excluding steroid dienone is 1. The molecule has 2 aliphatic heterocycles. The number of β-lactam (4-membered cyclic amide) rings is 1. The van der Waals surface area contributed by atoms with E-state index in [1.165, 1.54) is 16.7 Å². The van der Waals surface area contributed by atoms with Crippen LogP contribution in [0.2, 0.25) is 0 Å². The Morgan fingerprint density at radius 1 is 1.11 bits per heavy atom. The molecular weight excluding hydrogens is 372 g/mol. The number of benzene rings is 2. The van der Waals surface area contributed by atoms with Crippen LogP contribution in [0.25, 0.3) is 0 Å². The number of carbonyl (C=O) groups is 2. The second-order valence-corrected chi connectivity index (χ2v) is 7.70. The first-order valence-electron chi connectivity index (χ1n) is 9.03. The Bertz CT molecular complexity index is 941. The molecule has 1 saturated heterocycles. The largest absolute Gasteiger partial charge is 0.456 e. The number of esters is 1. The third kappa shape index (κ3) is 3.60. The van der Waals surface area contributed by atoms with Crippen molar-refractivity contribution in [3.8, 4) is 0 Å². The maximum atomic E-state index is 12.6. The smallest absolute Gasteiger partial charge is 0.355 e. The van der Waals surface area contributed by atoms with Crippen LogP contribution < -0.4 is 0 Å². The number of ether oxygens (including phenoxy) is 1. The van der Waals surface area contributed by atoms with E-state index in [2.05, 4.69) is 11.1 Å². The molecule has 2 aromatic rings. The monoisotopic (exact) mass is 391 g/mol. The molecular formula is C22H19N2O3S. The lowest BCUT2D eigenvalue weighted by atomic mass is 10.1. The van der Waals surface area contributed by atoms with Crippen LogP contribution in [-0.2, 0) is 27.4 Å². The molecule has 2 heterocycles. The first kappa shape index (κ1) is 18.5. The number of amides is 1. The lowest BCUT2D eigenvalue weighted by Crippen LogP contribution is -2.61. The molecule has 1 amide bonds. The van der Waals surface area contributed by atoms with Gasteiger partial charge in [0.05, 0.1) is 5.04 Å². The minimum absolute atomic E-state index is 0.157. The average Bonchev–Trinajstić information content (AvgIpc) is 3.10. The summed E-state index contributed by atoms with van der Waals surface area (Å²) in [5.74, 6) is -0.725. The Balaban J connectivity index is 1.39. The highest BCUT2D eigenvalue weighted by atomic mass is 32.2. The van der Waals surface area contributed by atoms with Crippen molar-refractivity contribution < 1.29 is 14.3 Å². The van der Waals surface area contributed by atoms with Crippen molar-refractivity contribution in [2.45, 2.75) is 31.4 Å². The third-order valence-corrected chi connectivity index (χ3v) is 5.87. The highest BCUT2D eigenvalue weighted by Gasteiger charge is 2.54. The molecule has 2 aliphatic rings. The van der Waals surface area contributed by atoms with Gasteiger partial charge in [-0.2, -0.15) is 0 Å². The average molecular weight is 391 g/mol. The standard InChI is InChI=1S/C22H19N2O3S/c1-2-17(22(26)27-14-16-11-7-4-8-12-16)24-20(25)19-21(24)28-18(23-19)13-15-9-5-3-6-10-15/h3-12,19,21H,13-14H2,1H3. The molecule has 0 aromatic heterocycles. The normalized spacial score (nSPS) is 21.0. The van der Waals surface area contributed by atoms with Crippen LogP contribution >= 0.6 is 11.8 Å². The Hall–Kier alpha value is -2.86. The van der Waals surface area contributed by atoms with E-state index in [9.17, 15) is 9.59 Å². The highest BCUT2D eigenvalue weighted by molar-refractivity contribution is 8.14. The predicted octanol–water partition coefficient (Wildman–Crippen LogP) is 3.36. The number of thioether (sulfide) groups is 1. The number of carbonyl (C=O) groups excluding carboxylic acids is 2. The second-order valence-electron chi connectivity index (χ2n) is 6.51. The predicted molar refractivity (Wildman–Crippen MR) is 108 cm³/mol. The Labute approximate surface area is 168 Å². The first-order chi connectivity index (χ1) is 13.7. The number of rotatable bonds is 6. The molecule has 0 bridgehead atoms. The summed E-state index contributed by atoms with van der Waals surface area (Å²) < 4.78 is 5.38. The van der Waals surface area contributed by atoms with Gasteiger partial charge in [-0.1, -0.05) is 72.4 Å². The molecule has 1 fully saturated rings. The van der Waals surface area contributed by atoms with Crippen LogP contribution in [-0.4, -0.2) is 33.2 Å². The molecule has 0 saturated carbocycles. The summed E-state index contributed by atoms with van der Waals surface area (Å²) >= 11 is 1.53. The molecule has 6 heteroatoms. The van der Waals surface area contributed by atoms with Crippen LogP contribution in [0, 0.1) is 6.08 Å². The van der Waals surface area contributed by atoms with Crippen molar-refractivity contribution in [2.75, 3.05) is 0 Å². The lowest BCUT2D eigenvalue weighted by Gasteiger charge is -2.41. The summed E-state index contributed by atoms with van der Waals surface area (Å²) in [4.78, 5) is 31.1. The molecule has 28 heavy (non-hydrogen) atoms. The minimum Gasteiger partial charge on any atom is -0.456 e. The molecule has 0 N–H and O–H groups in total. The highest BCUT2D eigenvalue weighted by Crippen LogP contribution is 2.42. The zero-order valence-corrected chi connectivity index (χ0v) is 16.2. The quantitative estimate of drug-likeness (QED) is 0.430. The Morgan fingerprint density at radius 2 is 1.75 bits per heavy atom. The van der Waals surface area contributed by atoms with Gasteiger partial charge in [0.15, 0.2) is 6.04 Å².